The zero-order valence-corrected chi connectivity index (χ0v) is 26.2. The highest BCUT2D eigenvalue weighted by Crippen LogP contribution is 2.69. The normalized spacial score (nSPS) is 32.6. The van der Waals surface area contributed by atoms with Crippen LogP contribution in [0.5, 0.6) is 0 Å². The number of esters is 1. The zero-order chi connectivity index (χ0) is 30.8. The smallest absolute Gasteiger partial charge is 0.307 e. The topological polar surface area (TPSA) is 107 Å². The lowest BCUT2D eigenvalue weighted by molar-refractivity contribution is -0.210. The number of rotatable bonds is 15. The first-order valence-corrected chi connectivity index (χ1v) is 16.8. The summed E-state index contributed by atoms with van der Waals surface area (Å²) in [6, 6.07) is 10.2. The van der Waals surface area contributed by atoms with Gasteiger partial charge in [-0.2, -0.15) is 0 Å². The fourth-order valence-corrected chi connectivity index (χ4v) is 8.49. The molecule has 43 heavy (non-hydrogen) atoms. The number of aryl methyl sites for hydroxylation is 1. The molecule has 0 aromatic heterocycles. The van der Waals surface area contributed by atoms with Gasteiger partial charge in [-0.1, -0.05) is 83.2 Å². The summed E-state index contributed by atoms with van der Waals surface area (Å²) >= 11 is 0. The molecule has 1 aromatic rings. The van der Waals surface area contributed by atoms with E-state index in [1.54, 1.807) is 6.92 Å². The fourth-order valence-electron chi connectivity index (χ4n) is 8.49. The van der Waals surface area contributed by atoms with E-state index in [2.05, 4.69) is 12.1 Å². The van der Waals surface area contributed by atoms with Crippen LogP contribution < -0.4 is 0 Å². The van der Waals surface area contributed by atoms with E-state index in [0.717, 1.165) is 25.7 Å². The number of hydrogen-bond donors (Lipinski definition) is 1. The third-order valence-electron chi connectivity index (χ3n) is 11.1. The molecule has 4 saturated carbocycles. The molecule has 0 saturated heterocycles. The number of unbranched alkanes of at least 4 members (excludes halogenated alkanes) is 1. The number of carbonyl (C=O) groups excluding carboxylic acids is 3. The van der Waals surface area contributed by atoms with Crippen LogP contribution in [-0.2, 0) is 35.1 Å². The van der Waals surface area contributed by atoms with Crippen molar-refractivity contribution in [3.8, 4) is 0 Å². The molecule has 0 amide bonds. The Kier molecular flexibility index (Phi) is 9.79. The predicted molar refractivity (Wildman–Crippen MR) is 162 cm³/mol. The van der Waals surface area contributed by atoms with Crippen molar-refractivity contribution in [1.82, 2.24) is 0 Å². The summed E-state index contributed by atoms with van der Waals surface area (Å²) in [7, 11) is 0. The average molecular weight is 595 g/mol. The van der Waals surface area contributed by atoms with Crippen LogP contribution in [0, 0.1) is 40.9 Å². The van der Waals surface area contributed by atoms with Crippen molar-refractivity contribution < 1.29 is 33.8 Å². The van der Waals surface area contributed by atoms with Crippen LogP contribution in [0.25, 0.3) is 0 Å². The van der Waals surface area contributed by atoms with Gasteiger partial charge in [-0.25, -0.2) is 0 Å². The van der Waals surface area contributed by atoms with Crippen molar-refractivity contribution in [1.29, 1.82) is 0 Å². The number of Topliss-reactive ketones (excluding diaryl/α,β-unsaturated/α-hetero) is 2. The second-order valence-corrected chi connectivity index (χ2v) is 14.2. The number of benzene rings is 1. The van der Waals surface area contributed by atoms with Crippen molar-refractivity contribution in [2.24, 2.45) is 40.9 Å². The van der Waals surface area contributed by atoms with E-state index in [0.29, 0.717) is 31.1 Å². The van der Waals surface area contributed by atoms with E-state index >= 15 is 0 Å². The highest BCUT2D eigenvalue weighted by Gasteiger charge is 2.71. The van der Waals surface area contributed by atoms with Gasteiger partial charge in [0.1, 0.15) is 11.4 Å². The molecule has 0 radical (unpaired) electrons. The highest BCUT2D eigenvalue weighted by molar-refractivity contribution is 6.10. The third kappa shape index (κ3) is 6.77. The van der Waals surface area contributed by atoms with Gasteiger partial charge < -0.3 is 14.6 Å². The van der Waals surface area contributed by atoms with E-state index in [-0.39, 0.29) is 42.2 Å². The first-order chi connectivity index (χ1) is 20.6. The second-order valence-electron chi connectivity index (χ2n) is 14.2. The number of carboxylic acids is 1. The van der Waals surface area contributed by atoms with Gasteiger partial charge in [-0.3, -0.25) is 19.2 Å². The molecule has 236 valence electrons. The van der Waals surface area contributed by atoms with Crippen LogP contribution >= 0.6 is 0 Å². The van der Waals surface area contributed by atoms with Crippen LogP contribution in [0.2, 0.25) is 0 Å². The van der Waals surface area contributed by atoms with Crippen molar-refractivity contribution >= 4 is 23.5 Å². The van der Waals surface area contributed by atoms with E-state index in [9.17, 15) is 24.3 Å². The predicted octanol–water partition coefficient (Wildman–Crippen LogP) is 6.95. The standard InChI is InChI=1S/C36H50O7/c1-4-31(38)42-34(23(2)3)43-36(18-12-11-15-24-13-7-5-8-14-24)27(32(36)39)20-30(37)29-22-35(29)21-26(19-28(35)33(40)41)25-16-9-6-10-17-25/h5,7-8,13-14,23,25-29,34H,4,6,9-12,15-22H2,1-3H3,(H,40,41)/t26-,27?,28+,29?,34+,35?,36-/m1/s1. The molecule has 0 heterocycles. The van der Waals surface area contributed by atoms with E-state index in [1.807, 2.05) is 32.0 Å². The van der Waals surface area contributed by atoms with Gasteiger partial charge in [0, 0.05) is 24.7 Å². The fraction of sp³-hybridized carbons (Fsp3) is 0.722. The van der Waals surface area contributed by atoms with Crippen LogP contribution in [-0.4, -0.2) is 40.5 Å². The molecule has 7 atom stereocenters. The van der Waals surface area contributed by atoms with Crippen molar-refractivity contribution in [2.45, 2.75) is 123 Å². The maximum atomic E-state index is 13.8. The largest absolute Gasteiger partial charge is 0.481 e. The highest BCUT2D eigenvalue weighted by atomic mass is 16.7. The summed E-state index contributed by atoms with van der Waals surface area (Å²) in [4.78, 5) is 51.8. The minimum absolute atomic E-state index is 0.00954. The second kappa shape index (κ2) is 13.2. The summed E-state index contributed by atoms with van der Waals surface area (Å²) in [5.74, 6) is -1.76. The molecule has 4 aliphatic rings. The van der Waals surface area contributed by atoms with Crippen LogP contribution in [0.15, 0.2) is 30.3 Å². The molecule has 0 aliphatic heterocycles. The van der Waals surface area contributed by atoms with Crippen LogP contribution in [0.1, 0.15) is 110 Å². The number of carboxylic acid groups (broad SMARTS) is 1. The number of carbonyl (C=O) groups is 4. The first kappa shape index (κ1) is 31.9. The zero-order valence-electron chi connectivity index (χ0n) is 26.2. The van der Waals surface area contributed by atoms with Crippen LogP contribution in [0.4, 0.5) is 0 Å². The van der Waals surface area contributed by atoms with Gasteiger partial charge in [0.15, 0.2) is 5.78 Å². The number of ketones is 2. The van der Waals surface area contributed by atoms with E-state index in [4.69, 9.17) is 9.47 Å². The Labute approximate surface area is 256 Å². The molecule has 5 rings (SSSR count). The molecule has 7 nitrogen and oxygen atoms in total. The van der Waals surface area contributed by atoms with Crippen LogP contribution in [0.3, 0.4) is 0 Å². The van der Waals surface area contributed by atoms with E-state index in [1.165, 1.54) is 37.7 Å². The molecule has 1 spiro atoms. The molecule has 3 unspecified atom stereocenters. The summed E-state index contributed by atoms with van der Waals surface area (Å²) < 4.78 is 12.0. The average Bonchev–Trinajstić information content (AvgIpc) is 3.78. The molecule has 1 N–H and O–H groups in total. The Hall–Kier alpha value is -2.54. The Morgan fingerprint density at radius 2 is 1.70 bits per heavy atom. The summed E-state index contributed by atoms with van der Waals surface area (Å²) in [6.45, 7) is 5.51. The van der Waals surface area contributed by atoms with Crippen molar-refractivity contribution in [2.75, 3.05) is 0 Å². The molecule has 4 fully saturated rings. The van der Waals surface area contributed by atoms with Crippen molar-refractivity contribution in [3.05, 3.63) is 35.9 Å². The lowest BCUT2D eigenvalue weighted by atomic mass is 9.78. The maximum Gasteiger partial charge on any atom is 0.307 e. The van der Waals surface area contributed by atoms with E-state index < -0.39 is 35.1 Å². The quantitative estimate of drug-likeness (QED) is 0.133. The Bertz CT molecular complexity index is 1170. The number of hydrogen-bond acceptors (Lipinski definition) is 6. The number of ether oxygens (including phenoxy) is 2. The maximum absolute atomic E-state index is 13.8. The van der Waals surface area contributed by atoms with Gasteiger partial charge in [-0.05, 0) is 67.8 Å². The molecule has 4 aliphatic carbocycles. The van der Waals surface area contributed by atoms with Gasteiger partial charge in [0.2, 0.25) is 6.29 Å². The van der Waals surface area contributed by atoms with Gasteiger partial charge in [0.05, 0.1) is 11.8 Å². The summed E-state index contributed by atoms with van der Waals surface area (Å²) in [5, 5.41) is 10.1. The van der Waals surface area contributed by atoms with Gasteiger partial charge in [-0.15, -0.1) is 0 Å². The SMILES string of the molecule is CCC(=O)O[C@@H](O[C@@]1(CCCCc2ccccc2)C(=O)C1CC(=O)C1CC12C[C@H](C1CCCCC1)C[C@H]2C(=O)O)C(C)C. The molecule has 0 bridgehead atoms. The molecule has 7 heteroatoms. The Balaban J connectivity index is 1.26. The van der Waals surface area contributed by atoms with Gasteiger partial charge >= 0.3 is 11.9 Å². The van der Waals surface area contributed by atoms with Crippen molar-refractivity contribution in [3.63, 3.8) is 0 Å². The lowest BCUT2D eigenvalue weighted by Crippen LogP contribution is -2.34. The number of aliphatic carboxylic acids is 1. The Morgan fingerprint density at radius 3 is 2.35 bits per heavy atom. The minimum atomic E-state index is -1.14. The summed E-state index contributed by atoms with van der Waals surface area (Å²) in [5.41, 5.74) is -0.346. The first-order valence-electron chi connectivity index (χ1n) is 16.8. The molecular formula is C36H50O7. The Morgan fingerprint density at radius 1 is 0.977 bits per heavy atom. The molecule has 1 aromatic carbocycles. The third-order valence-corrected chi connectivity index (χ3v) is 11.1. The van der Waals surface area contributed by atoms with Gasteiger partial charge in [0.25, 0.3) is 0 Å². The monoisotopic (exact) mass is 594 g/mol. The minimum Gasteiger partial charge on any atom is -0.481 e. The summed E-state index contributed by atoms with van der Waals surface area (Å²) in [6.07, 6.45) is 10.6. The lowest BCUT2D eigenvalue weighted by Gasteiger charge is -2.27. The molecular weight excluding hydrogens is 544 g/mol.